The second kappa shape index (κ2) is 13.5. The van der Waals surface area contributed by atoms with E-state index >= 15 is 0 Å². The molecule has 200 valence electrons. The predicted octanol–water partition coefficient (Wildman–Crippen LogP) is 3.09. The number of piperidine rings is 2. The van der Waals surface area contributed by atoms with Crippen LogP contribution in [0.3, 0.4) is 0 Å². The van der Waals surface area contributed by atoms with Crippen LogP contribution in [0.4, 0.5) is 0 Å². The number of nitrogens with zero attached hydrogens (tertiary/aromatic N) is 2. The van der Waals surface area contributed by atoms with Crippen molar-refractivity contribution in [2.45, 2.75) is 57.9 Å². The molecule has 1 unspecified atom stereocenters. The van der Waals surface area contributed by atoms with Gasteiger partial charge in [0, 0.05) is 26.1 Å². The largest absolute Gasteiger partial charge is 0.493 e. The minimum absolute atomic E-state index is 0.102. The van der Waals surface area contributed by atoms with Crippen LogP contribution in [0, 0.1) is 11.8 Å². The number of carbonyl (C=O) groups is 3. The molecule has 0 aromatic heterocycles. The smallest absolute Gasteiger partial charge is 0.305 e. The maximum absolute atomic E-state index is 13.7. The van der Waals surface area contributed by atoms with Crippen molar-refractivity contribution in [2.75, 3.05) is 46.9 Å². The van der Waals surface area contributed by atoms with Crippen molar-refractivity contribution < 1.29 is 29.0 Å². The van der Waals surface area contributed by atoms with Gasteiger partial charge in [0.25, 0.3) is 0 Å². The van der Waals surface area contributed by atoms with Gasteiger partial charge in [-0.15, -0.1) is 0 Å². The van der Waals surface area contributed by atoms with Gasteiger partial charge in [-0.3, -0.25) is 14.4 Å². The highest BCUT2D eigenvalue weighted by Crippen LogP contribution is 2.35. The molecule has 1 aromatic carbocycles. The van der Waals surface area contributed by atoms with Crippen LogP contribution in [0.2, 0.25) is 0 Å². The zero-order valence-electron chi connectivity index (χ0n) is 21.8. The number of rotatable bonds is 11. The van der Waals surface area contributed by atoms with Crippen molar-refractivity contribution in [1.82, 2.24) is 15.1 Å². The molecule has 0 bridgehead atoms. The lowest BCUT2D eigenvalue weighted by molar-refractivity contribution is -0.145. The fourth-order valence-electron chi connectivity index (χ4n) is 5.46. The van der Waals surface area contributed by atoms with E-state index in [1.807, 2.05) is 11.8 Å². The first-order valence-corrected chi connectivity index (χ1v) is 13.1. The molecule has 2 amide bonds. The summed E-state index contributed by atoms with van der Waals surface area (Å²) in [6.07, 6.45) is 4.89. The highest BCUT2D eigenvalue weighted by atomic mass is 16.5. The molecule has 2 saturated heterocycles. The van der Waals surface area contributed by atoms with E-state index in [9.17, 15) is 19.5 Å². The minimum Gasteiger partial charge on any atom is -0.493 e. The summed E-state index contributed by atoms with van der Waals surface area (Å²) in [4.78, 5) is 41.9. The van der Waals surface area contributed by atoms with Crippen LogP contribution in [-0.2, 0) is 14.4 Å². The SMILES string of the molecule is CCN(C(=O)[C@@H]1CCCN(C(=O)CCC2CCNCC2)C1)C(CC(=O)O)c1ccc(OC)c(OC)c1. The third-order valence-electron chi connectivity index (χ3n) is 7.51. The Balaban J connectivity index is 1.71. The van der Waals surface area contributed by atoms with E-state index in [-0.39, 0.29) is 24.2 Å². The first-order chi connectivity index (χ1) is 17.4. The molecule has 2 aliphatic rings. The van der Waals surface area contributed by atoms with Crippen molar-refractivity contribution >= 4 is 17.8 Å². The Morgan fingerprint density at radius 1 is 1.14 bits per heavy atom. The van der Waals surface area contributed by atoms with Gasteiger partial charge < -0.3 is 29.7 Å². The molecule has 36 heavy (non-hydrogen) atoms. The number of hydrogen-bond donors (Lipinski definition) is 2. The van der Waals surface area contributed by atoms with Gasteiger partial charge in [0.1, 0.15) is 0 Å². The number of likely N-dealkylation sites (tertiary alicyclic amines) is 1. The molecule has 0 aliphatic carbocycles. The van der Waals surface area contributed by atoms with Crippen LogP contribution >= 0.6 is 0 Å². The Hall–Kier alpha value is -2.81. The van der Waals surface area contributed by atoms with Crippen molar-refractivity contribution in [1.29, 1.82) is 0 Å². The monoisotopic (exact) mass is 503 g/mol. The lowest BCUT2D eigenvalue weighted by Crippen LogP contribution is -2.48. The van der Waals surface area contributed by atoms with Crippen LogP contribution in [0.25, 0.3) is 0 Å². The molecule has 2 N–H and O–H groups in total. The van der Waals surface area contributed by atoms with Gasteiger partial charge in [0.05, 0.1) is 32.6 Å². The predicted molar refractivity (Wildman–Crippen MR) is 136 cm³/mol. The number of carboxylic acid groups (broad SMARTS) is 1. The Bertz CT molecular complexity index is 901. The van der Waals surface area contributed by atoms with Crippen LogP contribution in [-0.4, -0.2) is 79.6 Å². The van der Waals surface area contributed by atoms with Crippen molar-refractivity contribution in [3.05, 3.63) is 23.8 Å². The summed E-state index contributed by atoms with van der Waals surface area (Å²) in [6.45, 7) is 5.33. The summed E-state index contributed by atoms with van der Waals surface area (Å²) in [5.41, 5.74) is 0.677. The van der Waals surface area contributed by atoms with E-state index in [1.54, 1.807) is 23.1 Å². The number of nitrogens with one attached hydrogen (secondary N) is 1. The second-order valence-electron chi connectivity index (χ2n) is 9.76. The van der Waals surface area contributed by atoms with Gasteiger partial charge in [-0.2, -0.15) is 0 Å². The van der Waals surface area contributed by atoms with Crippen molar-refractivity contribution in [3.8, 4) is 11.5 Å². The van der Waals surface area contributed by atoms with E-state index < -0.39 is 12.0 Å². The summed E-state index contributed by atoms with van der Waals surface area (Å²) in [6, 6.07) is 4.60. The van der Waals surface area contributed by atoms with Crippen LogP contribution in [0.1, 0.15) is 63.5 Å². The molecule has 9 nitrogen and oxygen atoms in total. The van der Waals surface area contributed by atoms with E-state index in [4.69, 9.17) is 9.47 Å². The molecule has 2 aliphatic heterocycles. The number of aliphatic carboxylic acids is 1. The minimum atomic E-state index is -0.987. The molecular weight excluding hydrogens is 462 g/mol. The molecule has 3 rings (SSSR count). The molecule has 0 radical (unpaired) electrons. The quantitative estimate of drug-likeness (QED) is 0.478. The molecule has 2 atom stereocenters. The van der Waals surface area contributed by atoms with E-state index in [0.717, 1.165) is 38.8 Å². The normalized spacial score (nSPS) is 19.4. The van der Waals surface area contributed by atoms with Crippen molar-refractivity contribution in [2.24, 2.45) is 11.8 Å². The second-order valence-corrected chi connectivity index (χ2v) is 9.76. The number of amides is 2. The number of carboxylic acids is 1. The molecule has 9 heteroatoms. The van der Waals surface area contributed by atoms with Crippen LogP contribution in [0.5, 0.6) is 11.5 Å². The summed E-state index contributed by atoms with van der Waals surface area (Å²) >= 11 is 0. The number of carbonyl (C=O) groups excluding carboxylic acids is 2. The molecule has 2 heterocycles. The Morgan fingerprint density at radius 2 is 1.86 bits per heavy atom. The highest BCUT2D eigenvalue weighted by molar-refractivity contribution is 5.82. The van der Waals surface area contributed by atoms with Gasteiger partial charge in [0.2, 0.25) is 11.8 Å². The first kappa shape index (κ1) is 27.8. The van der Waals surface area contributed by atoms with Crippen molar-refractivity contribution in [3.63, 3.8) is 0 Å². The fraction of sp³-hybridized carbons (Fsp3) is 0.667. The zero-order chi connectivity index (χ0) is 26.1. The maximum Gasteiger partial charge on any atom is 0.305 e. The van der Waals surface area contributed by atoms with E-state index in [0.29, 0.717) is 55.5 Å². The van der Waals surface area contributed by atoms with Crippen LogP contribution < -0.4 is 14.8 Å². The lowest BCUT2D eigenvalue weighted by atomic mass is 9.91. The summed E-state index contributed by atoms with van der Waals surface area (Å²) in [5, 5.41) is 13.0. The average Bonchev–Trinajstić information content (AvgIpc) is 2.91. The zero-order valence-corrected chi connectivity index (χ0v) is 21.8. The topological polar surface area (TPSA) is 108 Å². The summed E-state index contributed by atoms with van der Waals surface area (Å²) in [7, 11) is 3.06. The highest BCUT2D eigenvalue weighted by Gasteiger charge is 2.35. The fourth-order valence-corrected chi connectivity index (χ4v) is 5.46. The van der Waals surface area contributed by atoms with Gasteiger partial charge in [-0.1, -0.05) is 6.07 Å². The third kappa shape index (κ3) is 7.12. The van der Waals surface area contributed by atoms with Crippen LogP contribution in [0.15, 0.2) is 18.2 Å². The van der Waals surface area contributed by atoms with Gasteiger partial charge >= 0.3 is 5.97 Å². The maximum atomic E-state index is 13.7. The Kier molecular flexibility index (Phi) is 10.4. The van der Waals surface area contributed by atoms with Gasteiger partial charge in [-0.05, 0) is 75.7 Å². The number of methoxy groups -OCH3 is 2. The number of benzene rings is 1. The molecule has 2 fully saturated rings. The standard InChI is InChI=1S/C27H41N3O6/c1-4-30(22(17-26(32)33)20-8-9-23(35-2)24(16-20)36-3)27(34)21-6-5-15-29(18-21)25(31)10-7-19-11-13-28-14-12-19/h8-9,16,19,21-22,28H,4-7,10-15,17-18H2,1-3H3,(H,32,33)/t21-,22?/m1/s1. The first-order valence-electron chi connectivity index (χ1n) is 13.1. The summed E-state index contributed by atoms with van der Waals surface area (Å²) < 4.78 is 10.7. The van der Waals surface area contributed by atoms with E-state index in [1.165, 1.54) is 14.2 Å². The lowest BCUT2D eigenvalue weighted by Gasteiger charge is -2.38. The molecule has 0 saturated carbocycles. The summed E-state index contributed by atoms with van der Waals surface area (Å²) in [5.74, 6) is 0.307. The molecule has 1 aromatic rings. The molecule has 0 spiro atoms. The molecular formula is C27H41N3O6. The Morgan fingerprint density at radius 3 is 2.50 bits per heavy atom. The van der Waals surface area contributed by atoms with Gasteiger partial charge in [0.15, 0.2) is 11.5 Å². The number of hydrogen-bond acceptors (Lipinski definition) is 6. The average molecular weight is 504 g/mol. The van der Waals surface area contributed by atoms with Gasteiger partial charge in [-0.25, -0.2) is 0 Å². The Labute approximate surface area is 214 Å². The number of ether oxygens (including phenoxy) is 2. The third-order valence-corrected chi connectivity index (χ3v) is 7.51. The van der Waals surface area contributed by atoms with E-state index in [2.05, 4.69) is 5.32 Å².